The third-order valence-electron chi connectivity index (χ3n) is 6.42. The van der Waals surface area contributed by atoms with Gasteiger partial charge < -0.3 is 5.73 Å². The average molecular weight is 373 g/mol. The van der Waals surface area contributed by atoms with E-state index in [9.17, 15) is 4.79 Å². The van der Waals surface area contributed by atoms with Gasteiger partial charge in [-0.2, -0.15) is 5.10 Å². The number of Topliss-reactive ketones (excluding diaryl/α,β-unsaturated/α-hetero) is 1. The Balaban J connectivity index is 1.57. The lowest BCUT2D eigenvalue weighted by Crippen LogP contribution is -2.30. The zero-order chi connectivity index (χ0) is 19.5. The molecule has 0 radical (unpaired) electrons. The molecule has 1 unspecified atom stereocenters. The van der Waals surface area contributed by atoms with E-state index in [0.29, 0.717) is 5.82 Å². The molecule has 3 N–H and O–H groups in total. The summed E-state index contributed by atoms with van der Waals surface area (Å²) in [6, 6.07) is 8.14. The van der Waals surface area contributed by atoms with Crippen LogP contribution in [0.5, 0.6) is 0 Å². The number of pyridine rings is 1. The van der Waals surface area contributed by atoms with Crippen LogP contribution in [0, 0.1) is 11.3 Å². The van der Waals surface area contributed by atoms with Gasteiger partial charge in [0.05, 0.1) is 11.2 Å². The number of ketones is 1. The summed E-state index contributed by atoms with van der Waals surface area (Å²) in [4.78, 5) is 21.8. The van der Waals surface area contributed by atoms with Gasteiger partial charge >= 0.3 is 0 Å². The number of nitrogen functional groups attached to an aromatic ring is 1. The van der Waals surface area contributed by atoms with Crippen LogP contribution in [0.1, 0.15) is 38.7 Å². The molecule has 0 spiro atoms. The summed E-state index contributed by atoms with van der Waals surface area (Å²) < 4.78 is 0. The van der Waals surface area contributed by atoms with Gasteiger partial charge in [-0.1, -0.05) is 19.1 Å². The smallest absolute Gasteiger partial charge is 0.150 e. The number of aromatic amines is 1. The normalized spacial score (nSPS) is 18.0. The molecule has 142 valence electrons. The molecule has 3 heterocycles. The second-order valence-electron chi connectivity index (χ2n) is 7.99. The summed E-state index contributed by atoms with van der Waals surface area (Å²) in [7, 11) is 0. The molecule has 5 rings (SSSR count). The Kier molecular flexibility index (Phi) is 3.66. The molecule has 6 heteroatoms. The monoisotopic (exact) mass is 373 g/mol. The van der Waals surface area contributed by atoms with Crippen LogP contribution in [0.25, 0.3) is 22.2 Å². The Hall–Kier alpha value is -3.02. The number of hydrogen-bond acceptors (Lipinski definition) is 5. The molecule has 1 aliphatic carbocycles. The first-order valence-corrected chi connectivity index (χ1v) is 9.84. The highest BCUT2D eigenvalue weighted by Gasteiger charge is 2.55. The maximum atomic E-state index is 12.2. The third-order valence-corrected chi connectivity index (χ3v) is 6.42. The first-order valence-electron chi connectivity index (χ1n) is 9.84. The Morgan fingerprint density at radius 1 is 1.32 bits per heavy atom. The molecule has 0 amide bonds. The number of benzene rings is 1. The molecule has 6 nitrogen and oxygen atoms in total. The molecule has 1 aliphatic heterocycles. The maximum Gasteiger partial charge on any atom is 0.150 e. The minimum Gasteiger partial charge on any atom is -0.382 e. The Labute approximate surface area is 163 Å². The summed E-state index contributed by atoms with van der Waals surface area (Å²) in [5.74, 6) is 0.776. The van der Waals surface area contributed by atoms with Gasteiger partial charge in [-0.3, -0.25) is 14.9 Å². The highest BCUT2D eigenvalue weighted by atomic mass is 16.1. The van der Waals surface area contributed by atoms with Gasteiger partial charge in [0, 0.05) is 40.6 Å². The van der Waals surface area contributed by atoms with Crippen LogP contribution in [0.15, 0.2) is 35.5 Å². The molecule has 1 saturated carbocycles. The molecule has 2 aromatic heterocycles. The summed E-state index contributed by atoms with van der Waals surface area (Å²) in [5.41, 5.74) is 12.1. The largest absolute Gasteiger partial charge is 0.382 e. The number of nitrogens with zero attached hydrogens (tertiary/aromatic N) is 3. The van der Waals surface area contributed by atoms with E-state index in [2.05, 4.69) is 34.2 Å². The lowest BCUT2D eigenvalue weighted by atomic mass is 9.79. The number of nitrogens with two attached hydrogens (primary N) is 1. The molecule has 28 heavy (non-hydrogen) atoms. The molecule has 0 saturated heterocycles. The lowest BCUT2D eigenvalue weighted by molar-refractivity contribution is -0.122. The molecular formula is C22H23N5O. The lowest BCUT2D eigenvalue weighted by Gasteiger charge is -2.23. The third kappa shape index (κ3) is 2.40. The van der Waals surface area contributed by atoms with Crippen molar-refractivity contribution in [3.63, 3.8) is 0 Å². The fourth-order valence-corrected chi connectivity index (χ4v) is 4.90. The van der Waals surface area contributed by atoms with Crippen LogP contribution in [0.4, 0.5) is 11.5 Å². The second-order valence-corrected chi connectivity index (χ2v) is 7.99. The molecule has 1 aromatic carbocycles. The number of carbonyl (C=O) groups excluding carboxylic acids is 1. The standard InChI is InChI=1S/C22H23N5O/c1-3-16(12(2)28)22(7-8-22)19-11-15-14-5-4-13(17-6-9-24-27-17)10-18(14)25-21(23)20(15)26-19/h4-6,9-10,16H,3,7-8,11H2,1-2H3,(H2,23,25)(H,24,27). The van der Waals surface area contributed by atoms with E-state index in [4.69, 9.17) is 10.7 Å². The minimum absolute atomic E-state index is 0.0491. The van der Waals surface area contributed by atoms with E-state index in [-0.39, 0.29) is 17.1 Å². The van der Waals surface area contributed by atoms with Crippen molar-refractivity contribution in [2.75, 3.05) is 5.73 Å². The number of anilines is 1. The van der Waals surface area contributed by atoms with Gasteiger partial charge in [0.2, 0.25) is 0 Å². The first kappa shape index (κ1) is 17.1. The van der Waals surface area contributed by atoms with Crippen molar-refractivity contribution < 1.29 is 4.79 Å². The van der Waals surface area contributed by atoms with Gasteiger partial charge in [-0.25, -0.2) is 4.98 Å². The van der Waals surface area contributed by atoms with Gasteiger partial charge in [0.1, 0.15) is 17.3 Å². The van der Waals surface area contributed by atoms with Crippen LogP contribution in [-0.2, 0) is 11.2 Å². The topological polar surface area (TPSA) is 97.0 Å². The highest BCUT2D eigenvalue weighted by Crippen LogP contribution is 2.57. The zero-order valence-electron chi connectivity index (χ0n) is 16.1. The molecule has 2 aliphatic rings. The summed E-state index contributed by atoms with van der Waals surface area (Å²) in [6.07, 6.45) is 5.41. The number of aromatic nitrogens is 3. The molecule has 1 atom stereocenters. The van der Waals surface area contributed by atoms with Crippen molar-refractivity contribution in [3.05, 3.63) is 36.0 Å². The molecule has 3 aromatic rings. The summed E-state index contributed by atoms with van der Waals surface area (Å²) >= 11 is 0. The van der Waals surface area contributed by atoms with Crippen molar-refractivity contribution in [1.82, 2.24) is 15.2 Å². The Bertz CT molecular complexity index is 1130. The van der Waals surface area contributed by atoms with Gasteiger partial charge in [-0.15, -0.1) is 0 Å². The first-order chi connectivity index (χ1) is 13.5. The van der Waals surface area contributed by atoms with Crippen LogP contribution in [-0.4, -0.2) is 26.7 Å². The SMILES string of the molecule is CCC(C(C)=O)C1(C2=Nc3c(N)nc4cc(-c5ccn[nH]5)ccc4c3C2)CC1. The van der Waals surface area contributed by atoms with Crippen molar-refractivity contribution >= 4 is 33.9 Å². The molecule has 0 bridgehead atoms. The van der Waals surface area contributed by atoms with Crippen molar-refractivity contribution in [3.8, 4) is 11.3 Å². The van der Waals surface area contributed by atoms with E-state index in [1.54, 1.807) is 13.1 Å². The number of fused-ring (bicyclic) bond motifs is 3. The predicted octanol–water partition coefficient (Wildman–Crippen LogP) is 4.23. The Morgan fingerprint density at radius 2 is 2.14 bits per heavy atom. The van der Waals surface area contributed by atoms with Gasteiger partial charge in [0.15, 0.2) is 0 Å². The van der Waals surface area contributed by atoms with E-state index >= 15 is 0 Å². The van der Waals surface area contributed by atoms with Crippen LogP contribution >= 0.6 is 0 Å². The van der Waals surface area contributed by atoms with E-state index < -0.39 is 0 Å². The fraction of sp³-hybridized carbons (Fsp3) is 0.364. The van der Waals surface area contributed by atoms with E-state index in [1.165, 1.54) is 0 Å². The van der Waals surface area contributed by atoms with Crippen molar-refractivity contribution in [1.29, 1.82) is 0 Å². The predicted molar refractivity (Wildman–Crippen MR) is 111 cm³/mol. The zero-order valence-corrected chi connectivity index (χ0v) is 16.1. The van der Waals surface area contributed by atoms with Crippen LogP contribution < -0.4 is 5.73 Å². The quantitative estimate of drug-likeness (QED) is 0.699. The van der Waals surface area contributed by atoms with E-state index in [0.717, 1.165) is 64.8 Å². The van der Waals surface area contributed by atoms with Gasteiger partial charge in [0.25, 0.3) is 0 Å². The Morgan fingerprint density at radius 3 is 2.79 bits per heavy atom. The summed E-state index contributed by atoms with van der Waals surface area (Å²) in [5, 5.41) is 8.09. The number of aliphatic imine (C=N–C) groups is 1. The van der Waals surface area contributed by atoms with Crippen molar-refractivity contribution in [2.24, 2.45) is 16.3 Å². The van der Waals surface area contributed by atoms with Crippen LogP contribution in [0.2, 0.25) is 0 Å². The van der Waals surface area contributed by atoms with E-state index in [1.807, 2.05) is 12.1 Å². The van der Waals surface area contributed by atoms with Crippen LogP contribution in [0.3, 0.4) is 0 Å². The maximum absolute atomic E-state index is 12.2. The number of hydrogen-bond donors (Lipinski definition) is 2. The summed E-state index contributed by atoms with van der Waals surface area (Å²) in [6.45, 7) is 3.80. The minimum atomic E-state index is -0.0752. The number of nitrogens with one attached hydrogen (secondary N) is 1. The number of rotatable bonds is 5. The average Bonchev–Trinajstić information content (AvgIpc) is 3.11. The molecule has 1 fully saturated rings. The number of carbonyl (C=O) groups is 1. The van der Waals surface area contributed by atoms with Crippen molar-refractivity contribution in [2.45, 2.75) is 39.5 Å². The fourth-order valence-electron chi connectivity index (χ4n) is 4.90. The second kappa shape index (κ2) is 5.99. The number of H-pyrrole nitrogens is 1. The van der Waals surface area contributed by atoms with Gasteiger partial charge in [-0.05, 0) is 43.9 Å². The highest BCUT2D eigenvalue weighted by molar-refractivity contribution is 6.08. The molecular weight excluding hydrogens is 350 g/mol.